The molecule has 0 N–H and O–H groups in total. The Morgan fingerprint density at radius 1 is 1.26 bits per heavy atom. The van der Waals surface area contributed by atoms with Crippen molar-refractivity contribution in [2.75, 3.05) is 0 Å². The van der Waals surface area contributed by atoms with Gasteiger partial charge in [-0.2, -0.15) is 5.10 Å². The number of halogens is 1. The van der Waals surface area contributed by atoms with E-state index in [0.29, 0.717) is 11.9 Å². The summed E-state index contributed by atoms with van der Waals surface area (Å²) in [6.07, 6.45) is 2.85. The van der Waals surface area contributed by atoms with Crippen LogP contribution in [0.5, 0.6) is 0 Å². The zero-order chi connectivity index (χ0) is 13.4. The lowest BCUT2D eigenvalue weighted by Crippen LogP contribution is -2.04. The fourth-order valence-corrected chi connectivity index (χ4v) is 2.39. The number of aryl methyl sites for hydroxylation is 2. The molecule has 0 fully saturated rings. The monoisotopic (exact) mass is 257 g/mol. The Labute approximate surface area is 111 Å². The van der Waals surface area contributed by atoms with Gasteiger partial charge in [0.2, 0.25) is 0 Å². The van der Waals surface area contributed by atoms with Crippen LogP contribution in [0.4, 0.5) is 4.39 Å². The van der Waals surface area contributed by atoms with Crippen molar-refractivity contribution >= 4 is 10.9 Å². The molecule has 0 bridgehead atoms. The Bertz CT molecular complexity index is 724. The van der Waals surface area contributed by atoms with Crippen molar-refractivity contribution in [3.63, 3.8) is 0 Å². The molecular weight excluding hydrogens is 241 g/mol. The van der Waals surface area contributed by atoms with Crippen molar-refractivity contribution in [2.24, 2.45) is 7.05 Å². The molecule has 0 spiro atoms. The largest absolute Gasteiger partial charge is 0.341 e. The lowest BCUT2D eigenvalue weighted by atomic mass is 10.2. The Hall–Kier alpha value is -2.10. The predicted molar refractivity (Wildman–Crippen MR) is 73.6 cm³/mol. The van der Waals surface area contributed by atoms with Gasteiger partial charge < -0.3 is 4.57 Å². The third kappa shape index (κ3) is 2.03. The molecule has 2 heterocycles. The van der Waals surface area contributed by atoms with Gasteiger partial charge in [-0.3, -0.25) is 4.68 Å². The van der Waals surface area contributed by atoms with Gasteiger partial charge in [0.1, 0.15) is 5.82 Å². The number of nitrogens with zero attached hydrogens (tertiary/aromatic N) is 3. The summed E-state index contributed by atoms with van der Waals surface area (Å²) in [5.74, 6) is -0.171. The first-order chi connectivity index (χ1) is 9.19. The van der Waals surface area contributed by atoms with Crippen LogP contribution >= 0.6 is 0 Å². The molecule has 2 aromatic heterocycles. The van der Waals surface area contributed by atoms with Crippen molar-refractivity contribution in [1.29, 1.82) is 0 Å². The van der Waals surface area contributed by atoms with Gasteiger partial charge in [-0.1, -0.05) is 13.0 Å². The van der Waals surface area contributed by atoms with E-state index in [0.717, 1.165) is 23.3 Å². The molecule has 3 rings (SSSR count). The molecule has 3 aromatic rings. The maximum Gasteiger partial charge on any atom is 0.132 e. The topological polar surface area (TPSA) is 22.8 Å². The molecule has 0 saturated heterocycles. The van der Waals surface area contributed by atoms with Gasteiger partial charge in [-0.15, -0.1) is 0 Å². The van der Waals surface area contributed by atoms with E-state index in [9.17, 15) is 4.39 Å². The van der Waals surface area contributed by atoms with Gasteiger partial charge in [-0.05, 0) is 30.7 Å². The fourth-order valence-electron chi connectivity index (χ4n) is 2.39. The Morgan fingerprint density at radius 3 is 2.84 bits per heavy atom. The van der Waals surface area contributed by atoms with E-state index in [-0.39, 0.29) is 5.82 Å². The molecule has 0 aliphatic heterocycles. The maximum atomic E-state index is 13.6. The van der Waals surface area contributed by atoms with E-state index in [4.69, 9.17) is 0 Å². The molecule has 1 aromatic carbocycles. The van der Waals surface area contributed by atoms with Crippen molar-refractivity contribution in [1.82, 2.24) is 14.3 Å². The molecule has 0 radical (unpaired) electrons. The number of rotatable bonds is 3. The molecule has 3 nitrogen and oxygen atoms in total. The number of hydrogen-bond donors (Lipinski definition) is 0. The summed E-state index contributed by atoms with van der Waals surface area (Å²) in [7, 11) is 1.95. The molecule has 0 amide bonds. The highest BCUT2D eigenvalue weighted by atomic mass is 19.1. The summed E-state index contributed by atoms with van der Waals surface area (Å²) in [6.45, 7) is 2.79. The molecule has 4 heteroatoms. The second-order valence-electron chi connectivity index (χ2n) is 4.72. The van der Waals surface area contributed by atoms with Crippen LogP contribution in [-0.4, -0.2) is 14.3 Å². The number of benzene rings is 1. The second kappa shape index (κ2) is 4.53. The third-order valence-electron chi connectivity index (χ3n) is 3.48. The van der Waals surface area contributed by atoms with Gasteiger partial charge in [0.15, 0.2) is 0 Å². The summed E-state index contributed by atoms with van der Waals surface area (Å²) >= 11 is 0. The van der Waals surface area contributed by atoms with Gasteiger partial charge in [0.05, 0.1) is 23.4 Å². The molecular formula is C15H16FN3. The first kappa shape index (κ1) is 12.0. The van der Waals surface area contributed by atoms with E-state index in [1.807, 2.05) is 30.1 Å². The highest BCUT2D eigenvalue weighted by Crippen LogP contribution is 2.20. The highest BCUT2D eigenvalue weighted by molar-refractivity contribution is 5.80. The lowest BCUT2D eigenvalue weighted by molar-refractivity contribution is 0.639. The van der Waals surface area contributed by atoms with Crippen molar-refractivity contribution in [2.45, 2.75) is 19.9 Å². The maximum absolute atomic E-state index is 13.6. The van der Waals surface area contributed by atoms with Crippen molar-refractivity contribution < 1.29 is 4.39 Å². The fraction of sp³-hybridized carbons (Fsp3) is 0.267. The summed E-state index contributed by atoms with van der Waals surface area (Å²) < 4.78 is 17.6. The minimum absolute atomic E-state index is 0.171. The van der Waals surface area contributed by atoms with E-state index < -0.39 is 0 Å². The van der Waals surface area contributed by atoms with Crippen LogP contribution in [0.15, 0.2) is 36.5 Å². The summed E-state index contributed by atoms with van der Waals surface area (Å²) in [6, 6.07) is 9.10. The molecule has 0 unspecified atom stereocenters. The average molecular weight is 257 g/mol. The van der Waals surface area contributed by atoms with Gasteiger partial charge in [0.25, 0.3) is 0 Å². The minimum Gasteiger partial charge on any atom is -0.341 e. The predicted octanol–water partition coefficient (Wildman–Crippen LogP) is 3.12. The first-order valence-corrected chi connectivity index (χ1v) is 6.44. The molecule has 0 atom stereocenters. The van der Waals surface area contributed by atoms with Crippen LogP contribution in [0, 0.1) is 5.82 Å². The van der Waals surface area contributed by atoms with Crippen LogP contribution in [0.2, 0.25) is 0 Å². The smallest absolute Gasteiger partial charge is 0.132 e. The van der Waals surface area contributed by atoms with Gasteiger partial charge in [-0.25, -0.2) is 4.39 Å². The first-order valence-electron chi connectivity index (χ1n) is 6.44. The normalized spacial score (nSPS) is 11.3. The van der Waals surface area contributed by atoms with Crippen LogP contribution < -0.4 is 0 Å². The third-order valence-corrected chi connectivity index (χ3v) is 3.48. The standard InChI is InChI=1S/C15H16FN3/c1-3-11-9-12(18(2)17-11)10-19-8-7-13-14(16)5-4-6-15(13)19/h4-9H,3,10H2,1-2H3. The number of aromatic nitrogens is 3. The zero-order valence-electron chi connectivity index (χ0n) is 11.1. The molecule has 0 aliphatic rings. The SMILES string of the molecule is CCc1cc(Cn2ccc3c(F)cccc32)n(C)n1. The highest BCUT2D eigenvalue weighted by Gasteiger charge is 2.08. The van der Waals surface area contributed by atoms with Crippen LogP contribution in [0.3, 0.4) is 0 Å². The average Bonchev–Trinajstić information content (AvgIpc) is 2.96. The number of fused-ring (bicyclic) bond motifs is 1. The summed E-state index contributed by atoms with van der Waals surface area (Å²) in [4.78, 5) is 0. The van der Waals surface area contributed by atoms with E-state index in [1.54, 1.807) is 6.07 Å². The second-order valence-corrected chi connectivity index (χ2v) is 4.72. The van der Waals surface area contributed by atoms with Crippen molar-refractivity contribution in [3.05, 3.63) is 53.7 Å². The molecule has 19 heavy (non-hydrogen) atoms. The molecule has 0 saturated carbocycles. The summed E-state index contributed by atoms with van der Waals surface area (Å²) in [5.41, 5.74) is 3.12. The van der Waals surface area contributed by atoms with Crippen LogP contribution in [-0.2, 0) is 20.0 Å². The Kier molecular flexibility index (Phi) is 2.85. The van der Waals surface area contributed by atoms with E-state index >= 15 is 0 Å². The molecule has 98 valence electrons. The zero-order valence-corrected chi connectivity index (χ0v) is 11.1. The lowest BCUT2D eigenvalue weighted by Gasteiger charge is -2.05. The van der Waals surface area contributed by atoms with Crippen LogP contribution in [0.25, 0.3) is 10.9 Å². The molecule has 0 aliphatic carbocycles. The van der Waals surface area contributed by atoms with Crippen molar-refractivity contribution in [3.8, 4) is 0 Å². The van der Waals surface area contributed by atoms with E-state index in [2.05, 4.69) is 22.7 Å². The summed E-state index contributed by atoms with van der Waals surface area (Å²) in [5, 5.41) is 5.10. The Morgan fingerprint density at radius 2 is 2.11 bits per heavy atom. The number of hydrogen-bond acceptors (Lipinski definition) is 1. The van der Waals surface area contributed by atoms with Gasteiger partial charge >= 0.3 is 0 Å². The quantitative estimate of drug-likeness (QED) is 0.707. The minimum atomic E-state index is -0.171. The van der Waals surface area contributed by atoms with Gasteiger partial charge in [0, 0.05) is 18.6 Å². The van der Waals surface area contributed by atoms with E-state index in [1.165, 1.54) is 6.07 Å². The Balaban J connectivity index is 2.01. The van der Waals surface area contributed by atoms with Crippen LogP contribution in [0.1, 0.15) is 18.3 Å².